The Hall–Kier alpha value is -2.09. The van der Waals surface area contributed by atoms with E-state index in [0.29, 0.717) is 23.1 Å². The summed E-state index contributed by atoms with van der Waals surface area (Å²) in [6, 6.07) is 5.28. The van der Waals surface area contributed by atoms with E-state index in [0.717, 1.165) is 12.1 Å². The van der Waals surface area contributed by atoms with Crippen molar-refractivity contribution in [2.45, 2.75) is 25.6 Å². The molecule has 1 saturated heterocycles. The van der Waals surface area contributed by atoms with Crippen molar-refractivity contribution in [3.05, 3.63) is 40.9 Å². The van der Waals surface area contributed by atoms with Crippen LogP contribution in [0.4, 0.5) is 0 Å². The first-order chi connectivity index (χ1) is 11.9. The Balaban J connectivity index is 2.01. The first-order valence-corrected chi connectivity index (χ1v) is 8.40. The fraction of sp³-hybridized carbons (Fsp3) is 0.412. The van der Waals surface area contributed by atoms with Gasteiger partial charge in [-0.15, -0.1) is 0 Å². The number of hydrogen-bond donors (Lipinski definition) is 2. The van der Waals surface area contributed by atoms with Crippen molar-refractivity contribution in [1.29, 1.82) is 0 Å². The fourth-order valence-corrected chi connectivity index (χ4v) is 3.10. The number of hydrogen-bond acceptors (Lipinski definition) is 6. The highest BCUT2D eigenvalue weighted by Gasteiger charge is 2.33. The van der Waals surface area contributed by atoms with Crippen LogP contribution in [0.25, 0.3) is 11.4 Å². The lowest BCUT2D eigenvalue weighted by atomic mass is 9.93. The van der Waals surface area contributed by atoms with Gasteiger partial charge in [-0.3, -0.25) is 4.79 Å². The molecule has 0 radical (unpaired) electrons. The third-order valence-corrected chi connectivity index (χ3v) is 4.34. The van der Waals surface area contributed by atoms with Gasteiger partial charge in [-0.25, -0.2) is 15.0 Å². The number of nitrogens with one attached hydrogen (secondary N) is 2. The largest absolute Gasteiger partial charge is 0.365 e. The average Bonchev–Trinajstić information content (AvgIpc) is 2.60. The summed E-state index contributed by atoms with van der Waals surface area (Å²) in [5.74, 6) is -0.286. The number of rotatable bonds is 3. The van der Waals surface area contributed by atoms with Crippen LogP contribution >= 0.6 is 11.6 Å². The first kappa shape index (κ1) is 17.7. The number of amides is 1. The molecule has 1 amide bonds. The fourth-order valence-electron chi connectivity index (χ4n) is 2.89. The zero-order valence-corrected chi connectivity index (χ0v) is 15.1. The van der Waals surface area contributed by atoms with Crippen molar-refractivity contribution in [3.8, 4) is 11.4 Å². The quantitative estimate of drug-likeness (QED) is 0.810. The van der Waals surface area contributed by atoms with E-state index in [1.807, 2.05) is 19.9 Å². The predicted molar refractivity (Wildman–Crippen MR) is 94.4 cm³/mol. The minimum absolute atomic E-state index is 0.0908. The highest BCUT2D eigenvalue weighted by molar-refractivity contribution is 6.29. The first-order valence-electron chi connectivity index (χ1n) is 8.02. The molecule has 8 heteroatoms. The van der Waals surface area contributed by atoms with Gasteiger partial charge < -0.3 is 15.4 Å². The van der Waals surface area contributed by atoms with Crippen molar-refractivity contribution in [2.75, 3.05) is 20.1 Å². The summed E-state index contributed by atoms with van der Waals surface area (Å²) < 4.78 is 6.14. The molecule has 2 aromatic rings. The molecule has 7 nitrogen and oxygen atoms in total. The Morgan fingerprint density at radius 2 is 2.16 bits per heavy atom. The number of halogens is 1. The van der Waals surface area contributed by atoms with Crippen molar-refractivity contribution < 1.29 is 9.53 Å². The van der Waals surface area contributed by atoms with E-state index in [4.69, 9.17) is 16.3 Å². The maximum atomic E-state index is 11.8. The van der Waals surface area contributed by atoms with Crippen LogP contribution in [0.3, 0.4) is 0 Å². The molecule has 25 heavy (non-hydrogen) atoms. The van der Waals surface area contributed by atoms with Gasteiger partial charge in [0.15, 0.2) is 0 Å². The number of nitrogens with zero attached hydrogens (tertiary/aromatic N) is 3. The lowest BCUT2D eigenvalue weighted by Gasteiger charge is -2.38. The molecule has 0 saturated carbocycles. The molecule has 2 N–H and O–H groups in total. The van der Waals surface area contributed by atoms with E-state index in [1.54, 1.807) is 19.2 Å². The lowest BCUT2D eigenvalue weighted by Crippen LogP contribution is -2.49. The van der Waals surface area contributed by atoms with Crippen LogP contribution in [0.15, 0.2) is 24.5 Å². The summed E-state index contributed by atoms with van der Waals surface area (Å²) in [5, 5.41) is 6.25. The predicted octanol–water partition coefficient (Wildman–Crippen LogP) is 1.78. The Labute approximate surface area is 151 Å². The zero-order valence-electron chi connectivity index (χ0n) is 14.3. The SMILES string of the molecule is CNC(=O)c1cc(-c2cc([C@]3(C)CNC[C@H](C)O3)cc(Cl)n2)ncn1. The summed E-state index contributed by atoms with van der Waals surface area (Å²) in [4.78, 5) is 24.3. The maximum absolute atomic E-state index is 11.8. The van der Waals surface area contributed by atoms with Gasteiger partial charge in [-0.1, -0.05) is 11.6 Å². The average molecular weight is 362 g/mol. The number of carbonyl (C=O) groups excluding carboxylic acids is 1. The highest BCUT2D eigenvalue weighted by Crippen LogP contribution is 2.32. The molecule has 3 heterocycles. The van der Waals surface area contributed by atoms with Crippen LogP contribution < -0.4 is 10.6 Å². The molecule has 1 aliphatic heterocycles. The minimum Gasteiger partial charge on any atom is -0.365 e. The van der Waals surface area contributed by atoms with Gasteiger partial charge in [0, 0.05) is 20.1 Å². The molecule has 0 unspecified atom stereocenters. The van der Waals surface area contributed by atoms with E-state index < -0.39 is 5.60 Å². The van der Waals surface area contributed by atoms with Crippen LogP contribution in [0.5, 0.6) is 0 Å². The summed E-state index contributed by atoms with van der Waals surface area (Å²) >= 11 is 6.24. The molecule has 2 atom stereocenters. The topological polar surface area (TPSA) is 89.0 Å². The minimum atomic E-state index is -0.518. The molecule has 0 aliphatic carbocycles. The van der Waals surface area contributed by atoms with Crippen molar-refractivity contribution in [2.24, 2.45) is 0 Å². The molecule has 1 fully saturated rings. The number of pyridine rings is 1. The molecule has 132 valence electrons. The van der Waals surface area contributed by atoms with Gasteiger partial charge in [0.25, 0.3) is 5.91 Å². The number of ether oxygens (including phenoxy) is 1. The van der Waals surface area contributed by atoms with Gasteiger partial charge in [0.2, 0.25) is 0 Å². The molecule has 3 rings (SSSR count). The number of aromatic nitrogens is 3. The van der Waals surface area contributed by atoms with Crippen LogP contribution in [-0.4, -0.2) is 47.1 Å². The smallest absolute Gasteiger partial charge is 0.269 e. The summed E-state index contributed by atoms with van der Waals surface area (Å²) in [6.07, 6.45) is 1.43. The second-order valence-electron chi connectivity index (χ2n) is 6.22. The Bertz CT molecular complexity index is 800. The summed E-state index contributed by atoms with van der Waals surface area (Å²) in [5.41, 5.74) is 1.75. The molecular weight excluding hydrogens is 342 g/mol. The van der Waals surface area contributed by atoms with Crippen LogP contribution in [0, 0.1) is 0 Å². The standard InChI is InChI=1S/C17H20ClN5O2/c1-10-7-20-8-17(2,25-10)11-4-13(23-15(18)5-11)12-6-14(16(24)19-3)22-9-21-12/h4-6,9-10,20H,7-8H2,1-3H3,(H,19,24)/t10-,17-/m0/s1. The lowest BCUT2D eigenvalue weighted by molar-refractivity contribution is -0.102. The van der Waals surface area contributed by atoms with E-state index in [1.165, 1.54) is 6.33 Å². The van der Waals surface area contributed by atoms with Crippen LogP contribution in [0.1, 0.15) is 29.9 Å². The summed E-state index contributed by atoms with van der Waals surface area (Å²) in [7, 11) is 1.55. The third kappa shape index (κ3) is 3.78. The van der Waals surface area contributed by atoms with Crippen molar-refractivity contribution in [1.82, 2.24) is 25.6 Å². The Morgan fingerprint density at radius 3 is 2.88 bits per heavy atom. The molecule has 2 aromatic heterocycles. The molecule has 1 aliphatic rings. The number of morpholine rings is 1. The van der Waals surface area contributed by atoms with Gasteiger partial charge in [-0.2, -0.15) is 0 Å². The molecule has 0 spiro atoms. The van der Waals surface area contributed by atoms with E-state index in [-0.39, 0.29) is 17.7 Å². The monoisotopic (exact) mass is 361 g/mol. The van der Waals surface area contributed by atoms with E-state index in [9.17, 15) is 4.79 Å². The van der Waals surface area contributed by atoms with Crippen LogP contribution in [0.2, 0.25) is 5.15 Å². The Morgan fingerprint density at radius 1 is 1.36 bits per heavy atom. The highest BCUT2D eigenvalue weighted by atomic mass is 35.5. The number of carbonyl (C=O) groups is 1. The second kappa shape index (κ2) is 7.03. The normalized spacial score (nSPS) is 23.3. The van der Waals surface area contributed by atoms with E-state index >= 15 is 0 Å². The third-order valence-electron chi connectivity index (χ3n) is 4.15. The summed E-state index contributed by atoms with van der Waals surface area (Å²) in [6.45, 7) is 5.52. The Kier molecular flexibility index (Phi) is 4.99. The zero-order chi connectivity index (χ0) is 18.0. The van der Waals surface area contributed by atoms with Gasteiger partial charge in [0.1, 0.15) is 22.8 Å². The van der Waals surface area contributed by atoms with Gasteiger partial charge >= 0.3 is 0 Å². The van der Waals surface area contributed by atoms with Crippen molar-refractivity contribution >= 4 is 17.5 Å². The van der Waals surface area contributed by atoms with Gasteiger partial charge in [0.05, 0.1) is 17.5 Å². The second-order valence-corrected chi connectivity index (χ2v) is 6.61. The molecule has 0 bridgehead atoms. The van der Waals surface area contributed by atoms with Gasteiger partial charge in [-0.05, 0) is 37.6 Å². The van der Waals surface area contributed by atoms with Crippen LogP contribution in [-0.2, 0) is 10.3 Å². The molecule has 0 aromatic carbocycles. The molecular formula is C17H20ClN5O2. The van der Waals surface area contributed by atoms with E-state index in [2.05, 4.69) is 25.6 Å². The van der Waals surface area contributed by atoms with Crippen molar-refractivity contribution in [3.63, 3.8) is 0 Å². The maximum Gasteiger partial charge on any atom is 0.269 e.